The average Bonchev–Trinajstić information content (AvgIpc) is 3.13. The third-order valence-electron chi connectivity index (χ3n) is 5.01. The van der Waals surface area contributed by atoms with Gasteiger partial charge in [-0.3, -0.25) is 24.6 Å². The average molecular weight is 561 g/mol. The number of ether oxygens (including phenoxy) is 1. The molecule has 0 aliphatic carbocycles. The van der Waals surface area contributed by atoms with Gasteiger partial charge in [0.05, 0.1) is 16.4 Å². The van der Waals surface area contributed by atoms with Crippen LogP contribution in [0.3, 0.4) is 0 Å². The zero-order valence-electron chi connectivity index (χ0n) is 18.8. The van der Waals surface area contributed by atoms with E-state index in [1.807, 2.05) is 0 Å². The first kappa shape index (κ1) is 26.2. The normalized spacial score (nSPS) is 14.7. The summed E-state index contributed by atoms with van der Waals surface area (Å²) in [5.41, 5.74) is -0.0236. The number of hydrogen-bond acceptors (Lipinski definition) is 9. The molecule has 4 rings (SSSR count). The number of carbonyl (C=O) groups is 2. The van der Waals surface area contributed by atoms with E-state index in [9.17, 15) is 28.1 Å². The van der Waals surface area contributed by atoms with E-state index in [1.54, 1.807) is 30.3 Å². The molecule has 2 amide bonds. The van der Waals surface area contributed by atoms with E-state index in [-0.39, 0.29) is 40.0 Å². The molecule has 3 aromatic carbocycles. The van der Waals surface area contributed by atoms with Gasteiger partial charge in [-0.15, -0.1) is 0 Å². The van der Waals surface area contributed by atoms with Crippen LogP contribution < -0.4 is 8.92 Å². The monoisotopic (exact) mass is 560 g/mol. The Bertz CT molecular complexity index is 1490. The smallest absolute Gasteiger partial charge is 0.339 e. The van der Waals surface area contributed by atoms with Gasteiger partial charge >= 0.3 is 10.1 Å². The summed E-state index contributed by atoms with van der Waals surface area (Å²) < 4.78 is 36.3. The minimum Gasteiger partial charge on any atom is -0.492 e. The summed E-state index contributed by atoms with van der Waals surface area (Å²) in [6.45, 7) is 0.0808. The van der Waals surface area contributed by atoms with Gasteiger partial charge in [0.1, 0.15) is 23.0 Å². The molecule has 0 aromatic heterocycles. The maximum atomic E-state index is 12.8. The third kappa shape index (κ3) is 6.28. The molecule has 10 nitrogen and oxygen atoms in total. The largest absolute Gasteiger partial charge is 0.492 e. The van der Waals surface area contributed by atoms with Crippen molar-refractivity contribution in [1.82, 2.24) is 4.90 Å². The Balaban J connectivity index is 1.48. The number of nitro groups is 1. The predicted molar refractivity (Wildman–Crippen MR) is 137 cm³/mol. The second kappa shape index (κ2) is 11.0. The lowest BCUT2D eigenvalue weighted by atomic mass is 10.2. The molecular weight excluding hydrogens is 544 g/mol. The number of carbonyl (C=O) groups excluding carboxylic acids is 2. The van der Waals surface area contributed by atoms with E-state index in [0.29, 0.717) is 22.5 Å². The fraction of sp³-hybridized carbons (Fsp3) is 0.0833. The summed E-state index contributed by atoms with van der Waals surface area (Å²) in [4.78, 5) is 36.3. The number of hydrogen-bond donors (Lipinski definition) is 0. The Labute approximate surface area is 220 Å². The standard InChI is InChI=1S/C24H17ClN2O8S2/c25-17-5-9-19(10-6-17)34-14-13-26-23(28)22(36-24(26)29)15-16-3-1-2-4-21(16)35-37(32,33)20-11-7-18(8-12-20)27(30)31/h1-12,15H,13-14H2/b22-15-. The van der Waals surface area contributed by atoms with Gasteiger partial charge < -0.3 is 8.92 Å². The Kier molecular flexibility index (Phi) is 7.81. The number of benzene rings is 3. The molecule has 0 radical (unpaired) electrons. The predicted octanol–water partition coefficient (Wildman–Crippen LogP) is 5.13. The van der Waals surface area contributed by atoms with Crippen LogP contribution >= 0.6 is 23.4 Å². The summed E-state index contributed by atoms with van der Waals surface area (Å²) in [7, 11) is -4.33. The number of non-ortho nitro benzene ring substituents is 1. The van der Waals surface area contributed by atoms with E-state index < -0.39 is 26.2 Å². The van der Waals surface area contributed by atoms with E-state index in [2.05, 4.69) is 0 Å². The van der Waals surface area contributed by atoms with Crippen LogP contribution in [0.4, 0.5) is 10.5 Å². The van der Waals surface area contributed by atoms with Crippen LogP contribution in [0.1, 0.15) is 5.56 Å². The molecule has 1 heterocycles. The minimum absolute atomic E-state index is 0.0112. The summed E-state index contributed by atoms with van der Waals surface area (Å²) in [5.74, 6) is -0.103. The summed E-state index contributed by atoms with van der Waals surface area (Å²) in [6.07, 6.45) is 1.37. The zero-order chi connectivity index (χ0) is 26.6. The summed E-state index contributed by atoms with van der Waals surface area (Å²) in [6, 6.07) is 16.9. The highest BCUT2D eigenvalue weighted by Crippen LogP contribution is 2.34. The molecule has 3 aromatic rings. The zero-order valence-corrected chi connectivity index (χ0v) is 21.2. The third-order valence-corrected chi connectivity index (χ3v) is 7.42. The lowest BCUT2D eigenvalue weighted by Gasteiger charge is -2.13. The Morgan fingerprint density at radius 1 is 1.00 bits per heavy atom. The lowest BCUT2D eigenvalue weighted by Crippen LogP contribution is -2.32. The van der Waals surface area contributed by atoms with Crippen LogP contribution in [0, 0.1) is 10.1 Å². The van der Waals surface area contributed by atoms with Gasteiger partial charge in [-0.25, -0.2) is 0 Å². The van der Waals surface area contributed by atoms with E-state index in [4.69, 9.17) is 20.5 Å². The molecule has 37 heavy (non-hydrogen) atoms. The van der Waals surface area contributed by atoms with Gasteiger partial charge in [-0.2, -0.15) is 8.42 Å². The first-order valence-corrected chi connectivity index (χ1v) is 13.2. The molecule has 0 bridgehead atoms. The topological polar surface area (TPSA) is 133 Å². The van der Waals surface area contributed by atoms with Crippen LogP contribution in [0.15, 0.2) is 82.6 Å². The lowest BCUT2D eigenvalue weighted by molar-refractivity contribution is -0.384. The maximum absolute atomic E-state index is 12.8. The number of amides is 2. The van der Waals surface area contributed by atoms with Crippen molar-refractivity contribution in [3.05, 3.63) is 98.4 Å². The number of nitro benzene ring substituents is 1. The second-order valence-corrected chi connectivity index (χ2v) is 10.4. The number of imide groups is 1. The number of nitrogens with zero attached hydrogens (tertiary/aromatic N) is 2. The minimum atomic E-state index is -4.33. The Morgan fingerprint density at radius 2 is 1.68 bits per heavy atom. The van der Waals surface area contributed by atoms with Crippen LogP contribution in [-0.2, 0) is 14.9 Å². The molecule has 0 atom stereocenters. The molecule has 0 spiro atoms. The summed E-state index contributed by atoms with van der Waals surface area (Å²) >= 11 is 6.55. The number of halogens is 1. The number of para-hydroxylation sites is 1. The van der Waals surface area contributed by atoms with Gasteiger partial charge in [-0.1, -0.05) is 29.8 Å². The maximum Gasteiger partial charge on any atom is 0.339 e. The SMILES string of the molecule is O=C1S/C(=C\c2ccccc2OS(=O)(=O)c2ccc([N+](=O)[O-])cc2)C(=O)N1CCOc1ccc(Cl)cc1. The van der Waals surface area contributed by atoms with Crippen molar-refractivity contribution in [3.63, 3.8) is 0 Å². The van der Waals surface area contributed by atoms with Crippen LogP contribution in [0.5, 0.6) is 11.5 Å². The highest BCUT2D eigenvalue weighted by molar-refractivity contribution is 8.18. The molecule has 1 aliphatic rings. The van der Waals surface area contributed by atoms with Gasteiger partial charge in [0.15, 0.2) is 0 Å². The highest BCUT2D eigenvalue weighted by atomic mass is 35.5. The molecule has 13 heteroatoms. The van der Waals surface area contributed by atoms with Crippen molar-refractivity contribution in [2.24, 2.45) is 0 Å². The second-order valence-electron chi connectivity index (χ2n) is 7.46. The Morgan fingerprint density at radius 3 is 2.35 bits per heavy atom. The van der Waals surface area contributed by atoms with Crippen molar-refractivity contribution in [3.8, 4) is 11.5 Å². The highest BCUT2D eigenvalue weighted by Gasteiger charge is 2.35. The Hall–Kier alpha value is -3.87. The fourth-order valence-corrected chi connectivity index (χ4v) is 5.13. The van der Waals surface area contributed by atoms with Crippen molar-refractivity contribution < 1.29 is 31.9 Å². The van der Waals surface area contributed by atoms with E-state index >= 15 is 0 Å². The fourth-order valence-electron chi connectivity index (χ4n) is 3.20. The number of thioether (sulfide) groups is 1. The van der Waals surface area contributed by atoms with E-state index in [0.717, 1.165) is 29.2 Å². The van der Waals surface area contributed by atoms with Crippen molar-refractivity contribution in [2.75, 3.05) is 13.2 Å². The summed E-state index contributed by atoms with van der Waals surface area (Å²) in [5, 5.41) is 10.9. The van der Waals surface area contributed by atoms with E-state index in [1.165, 1.54) is 24.3 Å². The van der Waals surface area contributed by atoms with Gasteiger partial charge in [0.25, 0.3) is 16.8 Å². The van der Waals surface area contributed by atoms with Gasteiger partial charge in [0.2, 0.25) is 0 Å². The molecular formula is C24H17ClN2O8S2. The number of rotatable bonds is 9. The molecule has 1 saturated heterocycles. The molecule has 190 valence electrons. The van der Waals surface area contributed by atoms with Crippen molar-refractivity contribution in [2.45, 2.75) is 4.90 Å². The van der Waals surface area contributed by atoms with Gasteiger partial charge in [-0.05, 0) is 60.3 Å². The first-order chi connectivity index (χ1) is 17.6. The van der Waals surface area contributed by atoms with Crippen molar-refractivity contribution in [1.29, 1.82) is 0 Å². The molecule has 0 unspecified atom stereocenters. The molecule has 1 aliphatic heterocycles. The van der Waals surface area contributed by atoms with Crippen molar-refractivity contribution >= 4 is 56.4 Å². The van der Waals surface area contributed by atoms with Crippen LogP contribution in [-0.4, -0.2) is 42.5 Å². The quantitative estimate of drug-likeness (QED) is 0.151. The molecule has 1 fully saturated rings. The first-order valence-electron chi connectivity index (χ1n) is 10.6. The van der Waals surface area contributed by atoms with Gasteiger partial charge in [0, 0.05) is 22.7 Å². The van der Waals surface area contributed by atoms with Crippen LogP contribution in [0.2, 0.25) is 5.02 Å². The van der Waals surface area contributed by atoms with Crippen LogP contribution in [0.25, 0.3) is 6.08 Å². The molecule has 0 saturated carbocycles. The molecule has 0 N–H and O–H groups in total.